The summed E-state index contributed by atoms with van der Waals surface area (Å²) in [6.45, 7) is 4.13. The van der Waals surface area contributed by atoms with Gasteiger partial charge in [-0.05, 0) is 23.6 Å². The third-order valence-corrected chi connectivity index (χ3v) is 4.71. The Kier molecular flexibility index (Phi) is 5.37. The SMILES string of the molecule is CC(C)c1ccc(-n2cc(NC(=O)c3coc(-c4cnn(C)c4)n3)c(C(F)F)n2)cc1. The van der Waals surface area contributed by atoms with Gasteiger partial charge in [-0.1, -0.05) is 26.0 Å². The zero-order valence-corrected chi connectivity index (χ0v) is 17.1. The van der Waals surface area contributed by atoms with E-state index >= 15 is 0 Å². The lowest BCUT2D eigenvalue weighted by molar-refractivity contribution is 0.102. The number of alkyl halides is 2. The van der Waals surface area contributed by atoms with E-state index in [4.69, 9.17) is 4.42 Å². The van der Waals surface area contributed by atoms with Crippen molar-refractivity contribution in [2.24, 2.45) is 7.05 Å². The number of oxazole rings is 1. The molecule has 31 heavy (non-hydrogen) atoms. The first-order valence-corrected chi connectivity index (χ1v) is 9.55. The van der Waals surface area contributed by atoms with Crippen LogP contribution in [-0.2, 0) is 7.05 Å². The molecule has 0 spiro atoms. The van der Waals surface area contributed by atoms with Crippen LogP contribution < -0.4 is 5.32 Å². The van der Waals surface area contributed by atoms with Gasteiger partial charge in [-0.25, -0.2) is 18.4 Å². The first-order valence-electron chi connectivity index (χ1n) is 9.55. The summed E-state index contributed by atoms with van der Waals surface area (Å²) in [6, 6.07) is 7.41. The van der Waals surface area contributed by atoms with Gasteiger partial charge in [0.15, 0.2) is 11.4 Å². The molecule has 1 N–H and O–H groups in total. The van der Waals surface area contributed by atoms with Crippen LogP contribution in [0.1, 0.15) is 47.9 Å². The van der Waals surface area contributed by atoms with Gasteiger partial charge >= 0.3 is 0 Å². The van der Waals surface area contributed by atoms with Crippen molar-refractivity contribution in [1.29, 1.82) is 0 Å². The lowest BCUT2D eigenvalue weighted by Gasteiger charge is -2.06. The van der Waals surface area contributed by atoms with Crippen LogP contribution in [0.25, 0.3) is 17.1 Å². The molecule has 4 rings (SSSR count). The van der Waals surface area contributed by atoms with Crippen LogP contribution in [0, 0.1) is 0 Å². The number of nitrogens with one attached hydrogen (secondary N) is 1. The van der Waals surface area contributed by atoms with Crippen molar-refractivity contribution in [1.82, 2.24) is 24.5 Å². The number of carbonyl (C=O) groups excluding carboxylic acids is 1. The Morgan fingerprint density at radius 2 is 1.90 bits per heavy atom. The van der Waals surface area contributed by atoms with Crippen molar-refractivity contribution in [3.8, 4) is 17.1 Å². The zero-order chi connectivity index (χ0) is 22.1. The monoisotopic (exact) mass is 426 g/mol. The molecule has 10 heteroatoms. The van der Waals surface area contributed by atoms with E-state index in [9.17, 15) is 13.6 Å². The minimum atomic E-state index is -2.87. The van der Waals surface area contributed by atoms with Gasteiger partial charge < -0.3 is 9.73 Å². The molecule has 160 valence electrons. The summed E-state index contributed by atoms with van der Waals surface area (Å²) in [6.07, 6.45) is 2.86. The highest BCUT2D eigenvalue weighted by atomic mass is 19.3. The number of halogens is 2. The highest BCUT2D eigenvalue weighted by Crippen LogP contribution is 2.28. The summed E-state index contributed by atoms with van der Waals surface area (Å²) in [5, 5.41) is 10.4. The Bertz CT molecular complexity index is 1210. The van der Waals surface area contributed by atoms with Crippen molar-refractivity contribution in [2.75, 3.05) is 5.32 Å². The number of nitrogens with zero attached hydrogens (tertiary/aromatic N) is 5. The van der Waals surface area contributed by atoms with Crippen molar-refractivity contribution in [3.05, 3.63) is 66.1 Å². The molecular formula is C21H20F2N6O2. The standard InChI is InChI=1S/C21H20F2N6O2/c1-12(2)13-4-6-15(7-5-13)29-10-16(18(27-29)19(22)23)25-20(30)17-11-31-21(26-17)14-8-24-28(3)9-14/h4-12,19H,1-3H3,(H,25,30). The van der Waals surface area contributed by atoms with Gasteiger partial charge in [-0.15, -0.1) is 0 Å². The van der Waals surface area contributed by atoms with Gasteiger partial charge in [-0.3, -0.25) is 9.48 Å². The topological polar surface area (TPSA) is 90.8 Å². The second-order valence-corrected chi connectivity index (χ2v) is 7.31. The number of anilines is 1. The molecule has 0 radical (unpaired) electrons. The van der Waals surface area contributed by atoms with E-state index in [0.29, 0.717) is 17.2 Å². The van der Waals surface area contributed by atoms with E-state index in [0.717, 1.165) is 11.8 Å². The fourth-order valence-corrected chi connectivity index (χ4v) is 3.02. The third-order valence-electron chi connectivity index (χ3n) is 4.71. The quantitative estimate of drug-likeness (QED) is 0.488. The van der Waals surface area contributed by atoms with Gasteiger partial charge in [0.2, 0.25) is 5.89 Å². The van der Waals surface area contributed by atoms with Crippen molar-refractivity contribution in [2.45, 2.75) is 26.2 Å². The van der Waals surface area contributed by atoms with Gasteiger partial charge in [0, 0.05) is 13.2 Å². The molecule has 1 aromatic carbocycles. The highest BCUT2D eigenvalue weighted by Gasteiger charge is 2.22. The molecule has 0 aliphatic rings. The van der Waals surface area contributed by atoms with E-state index in [1.165, 1.54) is 17.1 Å². The maximum absolute atomic E-state index is 13.5. The van der Waals surface area contributed by atoms with Crippen LogP contribution in [0.2, 0.25) is 0 Å². The minimum Gasteiger partial charge on any atom is -0.444 e. The molecule has 0 fully saturated rings. The number of carbonyl (C=O) groups is 1. The van der Waals surface area contributed by atoms with Crippen LogP contribution in [-0.4, -0.2) is 30.5 Å². The van der Waals surface area contributed by atoms with Crippen molar-refractivity contribution < 1.29 is 18.0 Å². The predicted molar refractivity (Wildman–Crippen MR) is 109 cm³/mol. The Labute approximate surface area is 176 Å². The molecule has 0 saturated heterocycles. The first-order chi connectivity index (χ1) is 14.8. The van der Waals surface area contributed by atoms with Crippen LogP contribution in [0.4, 0.5) is 14.5 Å². The minimum absolute atomic E-state index is 0.0481. The number of benzene rings is 1. The highest BCUT2D eigenvalue weighted by molar-refractivity contribution is 6.03. The fourth-order valence-electron chi connectivity index (χ4n) is 3.02. The molecule has 3 heterocycles. The van der Waals surface area contributed by atoms with Crippen molar-refractivity contribution >= 4 is 11.6 Å². The van der Waals surface area contributed by atoms with Crippen LogP contribution in [0.5, 0.6) is 0 Å². The molecule has 0 unspecified atom stereocenters. The Morgan fingerprint density at radius 1 is 1.16 bits per heavy atom. The van der Waals surface area contributed by atoms with Gasteiger partial charge in [-0.2, -0.15) is 10.2 Å². The lowest BCUT2D eigenvalue weighted by Crippen LogP contribution is -2.13. The number of aryl methyl sites for hydroxylation is 1. The summed E-state index contributed by atoms with van der Waals surface area (Å²) in [5.74, 6) is -0.138. The molecule has 0 atom stereocenters. The smallest absolute Gasteiger partial charge is 0.284 e. The number of amides is 1. The number of hydrogen-bond acceptors (Lipinski definition) is 5. The summed E-state index contributed by atoms with van der Waals surface area (Å²) in [5.41, 5.74) is 1.64. The molecule has 3 aromatic heterocycles. The van der Waals surface area contributed by atoms with Crippen LogP contribution in [0.15, 0.2) is 53.5 Å². The van der Waals surface area contributed by atoms with Gasteiger partial charge in [0.1, 0.15) is 6.26 Å². The third kappa shape index (κ3) is 4.23. The fraction of sp³-hybridized carbons (Fsp3) is 0.238. The van der Waals surface area contributed by atoms with E-state index in [1.807, 2.05) is 12.1 Å². The van der Waals surface area contributed by atoms with E-state index < -0.39 is 18.0 Å². The maximum atomic E-state index is 13.5. The molecule has 1 amide bonds. The second kappa shape index (κ2) is 8.13. The normalized spacial score (nSPS) is 11.5. The van der Waals surface area contributed by atoms with E-state index in [1.54, 1.807) is 30.1 Å². The molecule has 0 saturated carbocycles. The number of hydrogen-bond donors (Lipinski definition) is 1. The second-order valence-electron chi connectivity index (χ2n) is 7.31. The van der Waals surface area contributed by atoms with Gasteiger partial charge in [0.05, 0.1) is 29.3 Å². The summed E-state index contributed by atoms with van der Waals surface area (Å²) in [7, 11) is 1.74. The van der Waals surface area contributed by atoms with E-state index in [2.05, 4.69) is 34.3 Å². The lowest BCUT2D eigenvalue weighted by atomic mass is 10.0. The molecule has 0 aliphatic heterocycles. The summed E-state index contributed by atoms with van der Waals surface area (Å²) < 4.78 is 35.3. The van der Waals surface area contributed by atoms with Gasteiger partial charge in [0.25, 0.3) is 12.3 Å². The average molecular weight is 426 g/mol. The summed E-state index contributed by atoms with van der Waals surface area (Å²) in [4.78, 5) is 16.7. The molecular weight excluding hydrogens is 406 g/mol. The maximum Gasteiger partial charge on any atom is 0.284 e. The Hall–Kier alpha value is -3.82. The van der Waals surface area contributed by atoms with Crippen LogP contribution in [0.3, 0.4) is 0 Å². The molecule has 4 aromatic rings. The first kappa shape index (κ1) is 20.5. The zero-order valence-electron chi connectivity index (χ0n) is 17.1. The Balaban J connectivity index is 1.57. The van der Waals surface area contributed by atoms with E-state index in [-0.39, 0.29) is 17.3 Å². The molecule has 0 bridgehead atoms. The number of aromatic nitrogens is 5. The molecule has 8 nitrogen and oxygen atoms in total. The summed E-state index contributed by atoms with van der Waals surface area (Å²) >= 11 is 0. The average Bonchev–Trinajstić information content (AvgIpc) is 3.47. The number of rotatable bonds is 6. The predicted octanol–water partition coefficient (Wildman–Crippen LogP) is 4.57. The largest absolute Gasteiger partial charge is 0.444 e. The van der Waals surface area contributed by atoms with Crippen LogP contribution >= 0.6 is 0 Å². The van der Waals surface area contributed by atoms with Crippen molar-refractivity contribution in [3.63, 3.8) is 0 Å². The molecule has 0 aliphatic carbocycles. The Morgan fingerprint density at radius 3 is 2.52 bits per heavy atom.